The fourth-order valence-corrected chi connectivity index (χ4v) is 6.42. The molecule has 2 aliphatic carbocycles. The second-order valence-corrected chi connectivity index (χ2v) is 10.8. The molecular weight excluding hydrogens is 461 g/mol. The molecule has 3 aromatic carbocycles. The Labute approximate surface area is 219 Å². The van der Waals surface area contributed by atoms with Crippen molar-refractivity contribution in [2.75, 3.05) is 26.3 Å². The van der Waals surface area contributed by atoms with Gasteiger partial charge in [-0.25, -0.2) is 0 Å². The van der Waals surface area contributed by atoms with E-state index in [2.05, 4.69) is 53.4 Å². The summed E-state index contributed by atoms with van der Waals surface area (Å²) < 4.78 is 18.9. The summed E-state index contributed by atoms with van der Waals surface area (Å²) in [7, 11) is 0. The van der Waals surface area contributed by atoms with Crippen LogP contribution in [0.2, 0.25) is 0 Å². The van der Waals surface area contributed by atoms with Gasteiger partial charge in [0.2, 0.25) is 0 Å². The molecular formula is C33H36FNO2. The molecule has 0 radical (unpaired) electrons. The third-order valence-corrected chi connectivity index (χ3v) is 8.26. The average molecular weight is 498 g/mol. The van der Waals surface area contributed by atoms with Crippen molar-refractivity contribution in [1.82, 2.24) is 4.90 Å². The average Bonchev–Trinajstić information content (AvgIpc) is 3.53. The molecule has 0 unspecified atom stereocenters. The number of aromatic hydroxyl groups is 1. The summed E-state index contributed by atoms with van der Waals surface area (Å²) in [5, 5.41) is 10.2. The Hall–Kier alpha value is -3.11. The monoisotopic (exact) mass is 497 g/mol. The number of phenolic OH excluding ortho intramolecular Hbond substituents is 1. The normalized spacial score (nSPS) is 19.5. The summed E-state index contributed by atoms with van der Waals surface area (Å²) in [5.74, 6) is 1.22. The molecule has 1 saturated heterocycles. The van der Waals surface area contributed by atoms with Crippen molar-refractivity contribution in [3.63, 3.8) is 0 Å². The zero-order chi connectivity index (χ0) is 25.2. The topological polar surface area (TPSA) is 32.7 Å². The van der Waals surface area contributed by atoms with E-state index in [1.54, 1.807) is 0 Å². The molecule has 1 N–H and O–H groups in total. The van der Waals surface area contributed by atoms with Gasteiger partial charge in [0.05, 0.1) is 6.67 Å². The number of alkyl halides is 1. The van der Waals surface area contributed by atoms with E-state index in [0.29, 0.717) is 12.2 Å². The molecule has 0 spiro atoms. The van der Waals surface area contributed by atoms with Crippen molar-refractivity contribution in [2.45, 2.75) is 57.5 Å². The van der Waals surface area contributed by atoms with Crippen molar-refractivity contribution in [2.24, 2.45) is 0 Å². The number of aryl methyl sites for hydroxylation is 3. The van der Waals surface area contributed by atoms with Crippen molar-refractivity contribution in [3.8, 4) is 11.5 Å². The zero-order valence-electron chi connectivity index (χ0n) is 21.5. The van der Waals surface area contributed by atoms with Gasteiger partial charge in [-0.2, -0.15) is 0 Å². The molecule has 37 heavy (non-hydrogen) atoms. The molecule has 192 valence electrons. The van der Waals surface area contributed by atoms with Crippen LogP contribution in [0.25, 0.3) is 11.1 Å². The van der Waals surface area contributed by atoms with E-state index in [9.17, 15) is 9.50 Å². The first-order chi connectivity index (χ1) is 18.2. The number of ether oxygens (including phenoxy) is 1. The van der Waals surface area contributed by atoms with Gasteiger partial charge in [-0.1, -0.05) is 36.4 Å². The number of phenols is 1. The van der Waals surface area contributed by atoms with E-state index in [1.165, 1.54) is 63.8 Å². The number of rotatable bonds is 7. The van der Waals surface area contributed by atoms with Crippen molar-refractivity contribution < 1.29 is 14.2 Å². The van der Waals surface area contributed by atoms with Gasteiger partial charge in [0, 0.05) is 19.6 Å². The largest absolute Gasteiger partial charge is 0.508 e. The van der Waals surface area contributed by atoms with Crippen LogP contribution in [-0.4, -0.2) is 42.4 Å². The first-order valence-corrected chi connectivity index (χ1v) is 13.9. The fraction of sp³-hybridized carbons (Fsp3) is 0.394. The highest BCUT2D eigenvalue weighted by molar-refractivity contribution is 6.00. The summed E-state index contributed by atoms with van der Waals surface area (Å²) >= 11 is 0. The first-order valence-electron chi connectivity index (χ1n) is 13.9. The molecule has 1 atom stereocenters. The maximum atomic E-state index is 12.5. The van der Waals surface area contributed by atoms with Gasteiger partial charge in [-0.3, -0.25) is 9.29 Å². The van der Waals surface area contributed by atoms with Crippen LogP contribution >= 0.6 is 0 Å². The van der Waals surface area contributed by atoms with Gasteiger partial charge < -0.3 is 9.84 Å². The van der Waals surface area contributed by atoms with Gasteiger partial charge in [-0.05, 0) is 120 Å². The molecule has 1 fully saturated rings. The lowest BCUT2D eigenvalue weighted by Gasteiger charge is -2.19. The maximum absolute atomic E-state index is 12.5. The number of nitrogens with zero attached hydrogens (tertiary/aromatic N) is 1. The number of likely N-dealkylation sites (tertiary alicyclic amines) is 1. The second-order valence-electron chi connectivity index (χ2n) is 10.8. The van der Waals surface area contributed by atoms with E-state index in [-0.39, 0.29) is 12.8 Å². The smallest absolute Gasteiger partial charge is 0.119 e. The lowest BCUT2D eigenvalue weighted by Crippen LogP contribution is -2.26. The Morgan fingerprint density at radius 2 is 1.62 bits per heavy atom. The van der Waals surface area contributed by atoms with E-state index < -0.39 is 0 Å². The van der Waals surface area contributed by atoms with E-state index in [1.807, 2.05) is 12.1 Å². The summed E-state index contributed by atoms with van der Waals surface area (Å²) in [6.45, 7) is 2.40. The highest BCUT2D eigenvalue weighted by atomic mass is 19.1. The predicted octanol–water partition coefficient (Wildman–Crippen LogP) is 6.99. The minimum Gasteiger partial charge on any atom is -0.508 e. The third kappa shape index (κ3) is 5.17. The van der Waals surface area contributed by atoms with Crippen LogP contribution in [0.3, 0.4) is 0 Å². The van der Waals surface area contributed by atoms with Crippen molar-refractivity contribution in [1.29, 1.82) is 0 Å². The standard InChI is InChI=1S/C33H36FNO2/c34-17-3-18-35-19-16-30(22-35)37-29-13-10-24(11-14-29)33-31(27-9-8-23-4-1-5-25(23)20-27)7-2-6-26-21-28(36)12-15-32(26)33/h8-15,20-21,30,36H,1-7,16-19,22H2/t30-/m0/s1. The second kappa shape index (κ2) is 10.7. The van der Waals surface area contributed by atoms with Crippen LogP contribution in [0.5, 0.6) is 11.5 Å². The number of halogens is 1. The van der Waals surface area contributed by atoms with Gasteiger partial charge in [-0.15, -0.1) is 0 Å². The van der Waals surface area contributed by atoms with Gasteiger partial charge in [0.25, 0.3) is 0 Å². The number of fused-ring (bicyclic) bond motifs is 2. The molecule has 0 saturated carbocycles. The molecule has 3 nitrogen and oxygen atoms in total. The maximum Gasteiger partial charge on any atom is 0.119 e. The Morgan fingerprint density at radius 1 is 0.838 bits per heavy atom. The predicted molar refractivity (Wildman–Crippen MR) is 148 cm³/mol. The fourth-order valence-electron chi connectivity index (χ4n) is 6.42. The summed E-state index contributed by atoms with van der Waals surface area (Å²) in [6.07, 6.45) is 8.40. The van der Waals surface area contributed by atoms with Crippen LogP contribution in [0, 0.1) is 0 Å². The summed E-state index contributed by atoms with van der Waals surface area (Å²) in [5.41, 5.74) is 10.6. The molecule has 3 aliphatic rings. The van der Waals surface area contributed by atoms with E-state index in [4.69, 9.17) is 4.74 Å². The van der Waals surface area contributed by atoms with E-state index in [0.717, 1.165) is 51.1 Å². The zero-order valence-corrected chi connectivity index (χ0v) is 21.5. The van der Waals surface area contributed by atoms with Crippen LogP contribution in [0.4, 0.5) is 4.39 Å². The van der Waals surface area contributed by atoms with Crippen molar-refractivity contribution in [3.05, 3.63) is 94.0 Å². The van der Waals surface area contributed by atoms with Crippen LogP contribution in [-0.2, 0) is 19.3 Å². The SMILES string of the molecule is Oc1ccc2c(c1)CCCC(c1ccc3c(c1)CCC3)=C2c1ccc(O[C@H]2CCN(CCCF)C2)cc1. The summed E-state index contributed by atoms with van der Waals surface area (Å²) in [4.78, 5) is 2.30. The third-order valence-electron chi connectivity index (χ3n) is 8.26. The number of allylic oxidation sites excluding steroid dienone is 1. The molecule has 1 aliphatic heterocycles. The molecule has 4 heteroatoms. The minimum atomic E-state index is -0.254. The summed E-state index contributed by atoms with van der Waals surface area (Å²) in [6, 6.07) is 21.5. The van der Waals surface area contributed by atoms with Crippen LogP contribution in [0.1, 0.15) is 65.5 Å². The Morgan fingerprint density at radius 3 is 2.49 bits per heavy atom. The number of hydrogen-bond acceptors (Lipinski definition) is 3. The van der Waals surface area contributed by atoms with Gasteiger partial charge in [0.15, 0.2) is 0 Å². The molecule has 0 bridgehead atoms. The lowest BCUT2D eigenvalue weighted by atomic mass is 9.87. The Kier molecular flexibility index (Phi) is 7.01. The highest BCUT2D eigenvalue weighted by Crippen LogP contribution is 2.42. The van der Waals surface area contributed by atoms with Gasteiger partial charge in [0.1, 0.15) is 17.6 Å². The lowest BCUT2D eigenvalue weighted by molar-refractivity contribution is 0.198. The molecule has 3 aromatic rings. The number of hydrogen-bond donors (Lipinski definition) is 1. The molecule has 6 rings (SSSR count). The quantitative estimate of drug-likeness (QED) is 0.382. The van der Waals surface area contributed by atoms with Gasteiger partial charge >= 0.3 is 0 Å². The molecule has 1 heterocycles. The van der Waals surface area contributed by atoms with Crippen LogP contribution in [0.15, 0.2) is 60.7 Å². The number of benzene rings is 3. The molecule has 0 amide bonds. The van der Waals surface area contributed by atoms with Crippen molar-refractivity contribution >= 4 is 11.1 Å². The Bertz CT molecular complexity index is 1300. The van der Waals surface area contributed by atoms with E-state index >= 15 is 0 Å². The highest BCUT2D eigenvalue weighted by Gasteiger charge is 2.25. The Balaban J connectivity index is 1.33. The van der Waals surface area contributed by atoms with Crippen LogP contribution < -0.4 is 4.74 Å². The first kappa shape index (κ1) is 24.2. The molecule has 0 aromatic heterocycles. The minimum absolute atomic E-state index is 0.160.